The molecule has 0 bridgehead atoms. The van der Waals surface area contributed by atoms with Crippen molar-refractivity contribution in [3.05, 3.63) is 237 Å². The summed E-state index contributed by atoms with van der Waals surface area (Å²) in [4.78, 5) is 12.3. The number of para-hydroxylation sites is 4. The largest absolute Gasteiger partial charge is 0.310 e. The first-order valence-corrected chi connectivity index (χ1v) is 24.8. The SMILES string of the molecule is c1ccc(-c2ccc(N(c3ccc4c(c3)c3ccccc3n4-c3ccc(-c4nc5ccccc5s4)cc3)c3ccc4c(c3)c3ccccc3n4-c3ccc(-c4nc5ccccc5s4)cc3)cc2)cc1. The number of thiazole rings is 2. The molecule has 7 heteroatoms. The molecule has 10 aromatic carbocycles. The molecular formula is C62H39N5S2. The van der Waals surface area contributed by atoms with Crippen LogP contribution in [-0.2, 0) is 0 Å². The summed E-state index contributed by atoms with van der Waals surface area (Å²) in [6.45, 7) is 0. The molecule has 0 fully saturated rings. The topological polar surface area (TPSA) is 38.9 Å². The fourth-order valence-corrected chi connectivity index (χ4v) is 12.1. The first-order chi connectivity index (χ1) is 34.2. The zero-order valence-electron chi connectivity index (χ0n) is 37.1. The Morgan fingerprint density at radius 3 is 1.19 bits per heavy atom. The third-order valence-corrected chi connectivity index (χ3v) is 15.6. The molecule has 0 aliphatic heterocycles. The molecule has 0 aliphatic rings. The summed E-state index contributed by atoms with van der Waals surface area (Å²) < 4.78 is 7.18. The van der Waals surface area contributed by atoms with Gasteiger partial charge in [0.15, 0.2) is 0 Å². The maximum atomic E-state index is 4.94. The maximum absolute atomic E-state index is 4.94. The van der Waals surface area contributed by atoms with Gasteiger partial charge in [-0.15, -0.1) is 22.7 Å². The molecule has 0 amide bonds. The van der Waals surface area contributed by atoms with Crippen LogP contribution in [0.5, 0.6) is 0 Å². The highest BCUT2D eigenvalue weighted by Crippen LogP contribution is 2.43. The number of benzene rings is 10. The number of rotatable bonds is 8. The summed E-state index contributed by atoms with van der Waals surface area (Å²) in [5, 5.41) is 6.86. The summed E-state index contributed by atoms with van der Waals surface area (Å²) in [6, 6.07) is 85.4. The van der Waals surface area contributed by atoms with Crippen LogP contribution in [-0.4, -0.2) is 19.1 Å². The molecule has 0 unspecified atom stereocenters. The highest BCUT2D eigenvalue weighted by atomic mass is 32.1. The standard InChI is InChI=1S/C62H39N5S2/c1-2-12-40(13-3-1)41-22-28-44(29-23-41)65(47-34-36-57-51(38-47)49-14-4-8-18-55(49)66(57)45-30-24-42(25-31-45)61-63-53-16-6-10-20-59(53)68-61)48-35-37-58-52(39-48)50-15-5-9-19-56(50)67(58)46-32-26-43(27-33-46)62-64-54-17-7-11-21-60(54)69-62/h1-39H. The Balaban J connectivity index is 0.897. The molecule has 69 heavy (non-hydrogen) atoms. The molecule has 14 rings (SSSR count). The smallest absolute Gasteiger partial charge is 0.124 e. The van der Waals surface area contributed by atoms with Gasteiger partial charge in [0.1, 0.15) is 10.0 Å². The number of aromatic nitrogens is 4. The van der Waals surface area contributed by atoms with Gasteiger partial charge in [-0.05, 0) is 145 Å². The van der Waals surface area contributed by atoms with Crippen molar-refractivity contribution in [3.63, 3.8) is 0 Å². The Bertz CT molecular complexity index is 3940. The third-order valence-electron chi connectivity index (χ3n) is 13.4. The van der Waals surface area contributed by atoms with Gasteiger partial charge >= 0.3 is 0 Å². The van der Waals surface area contributed by atoms with E-state index in [1.807, 2.05) is 0 Å². The minimum absolute atomic E-state index is 1.03. The quantitative estimate of drug-likeness (QED) is 0.152. The summed E-state index contributed by atoms with van der Waals surface area (Å²) in [5.41, 5.74) is 16.8. The molecular weight excluding hydrogens is 879 g/mol. The van der Waals surface area contributed by atoms with E-state index in [0.717, 1.165) is 71.6 Å². The second-order valence-electron chi connectivity index (χ2n) is 17.4. The fraction of sp³-hybridized carbons (Fsp3) is 0. The minimum Gasteiger partial charge on any atom is -0.310 e. The highest BCUT2D eigenvalue weighted by Gasteiger charge is 2.21. The van der Waals surface area contributed by atoms with Gasteiger partial charge in [0.2, 0.25) is 0 Å². The first-order valence-electron chi connectivity index (χ1n) is 23.1. The van der Waals surface area contributed by atoms with E-state index in [1.165, 1.54) is 53.1 Å². The highest BCUT2D eigenvalue weighted by molar-refractivity contribution is 7.22. The second kappa shape index (κ2) is 16.0. The van der Waals surface area contributed by atoms with Gasteiger partial charge in [-0.2, -0.15) is 0 Å². The fourth-order valence-electron chi connectivity index (χ4n) is 10.1. The zero-order valence-corrected chi connectivity index (χ0v) is 38.7. The van der Waals surface area contributed by atoms with Crippen molar-refractivity contribution in [2.45, 2.75) is 0 Å². The summed E-state index contributed by atoms with van der Waals surface area (Å²) in [6.07, 6.45) is 0. The maximum Gasteiger partial charge on any atom is 0.124 e. The molecule has 0 saturated carbocycles. The Labute approximate surface area is 405 Å². The summed E-state index contributed by atoms with van der Waals surface area (Å²) >= 11 is 3.47. The van der Waals surface area contributed by atoms with Gasteiger partial charge in [-0.3, -0.25) is 0 Å². The van der Waals surface area contributed by atoms with Gasteiger partial charge in [0.05, 0.1) is 42.5 Å². The van der Waals surface area contributed by atoms with Crippen LogP contribution in [0.25, 0.3) is 108 Å². The van der Waals surface area contributed by atoms with Crippen molar-refractivity contribution < 1.29 is 0 Å². The molecule has 0 saturated heterocycles. The van der Waals surface area contributed by atoms with Crippen molar-refractivity contribution >= 4 is 104 Å². The van der Waals surface area contributed by atoms with E-state index < -0.39 is 0 Å². The van der Waals surface area contributed by atoms with Gasteiger partial charge in [-0.25, -0.2) is 9.97 Å². The van der Waals surface area contributed by atoms with Crippen LogP contribution in [0.1, 0.15) is 0 Å². The molecule has 0 spiro atoms. The number of hydrogen-bond acceptors (Lipinski definition) is 5. The van der Waals surface area contributed by atoms with Crippen LogP contribution in [0.3, 0.4) is 0 Å². The molecule has 5 nitrogen and oxygen atoms in total. The second-order valence-corrected chi connectivity index (χ2v) is 19.5. The van der Waals surface area contributed by atoms with Gasteiger partial charge in [0, 0.05) is 61.1 Å². The molecule has 4 aromatic heterocycles. The van der Waals surface area contributed by atoms with Crippen LogP contribution >= 0.6 is 22.7 Å². The van der Waals surface area contributed by atoms with E-state index in [1.54, 1.807) is 22.7 Å². The average molecular weight is 918 g/mol. The van der Waals surface area contributed by atoms with E-state index in [0.29, 0.717) is 0 Å². The van der Waals surface area contributed by atoms with Crippen molar-refractivity contribution in [3.8, 4) is 43.6 Å². The van der Waals surface area contributed by atoms with Gasteiger partial charge in [0.25, 0.3) is 0 Å². The van der Waals surface area contributed by atoms with Crippen LogP contribution < -0.4 is 4.90 Å². The monoisotopic (exact) mass is 917 g/mol. The van der Waals surface area contributed by atoms with Crippen LogP contribution in [0.2, 0.25) is 0 Å². The predicted octanol–water partition coefficient (Wildman–Crippen LogP) is 17.6. The van der Waals surface area contributed by atoms with E-state index in [9.17, 15) is 0 Å². The number of anilines is 3. The minimum atomic E-state index is 1.03. The Kier molecular flexibility index (Phi) is 9.18. The normalized spacial score (nSPS) is 11.8. The Morgan fingerprint density at radius 2 is 0.696 bits per heavy atom. The van der Waals surface area contributed by atoms with Crippen LogP contribution in [0.4, 0.5) is 17.1 Å². The average Bonchev–Trinajstić information content (AvgIpc) is 4.20. The molecule has 324 valence electrons. The Hall–Kier alpha value is -8.62. The Morgan fingerprint density at radius 1 is 0.304 bits per heavy atom. The first kappa shape index (κ1) is 39.5. The summed E-state index contributed by atoms with van der Waals surface area (Å²) in [5.74, 6) is 0. The summed E-state index contributed by atoms with van der Waals surface area (Å²) in [7, 11) is 0. The lowest BCUT2D eigenvalue weighted by Gasteiger charge is -2.26. The van der Waals surface area contributed by atoms with Crippen molar-refractivity contribution in [2.75, 3.05) is 4.90 Å². The van der Waals surface area contributed by atoms with E-state index in [4.69, 9.17) is 9.97 Å². The van der Waals surface area contributed by atoms with Crippen LogP contribution in [0.15, 0.2) is 237 Å². The van der Waals surface area contributed by atoms with Gasteiger partial charge < -0.3 is 14.0 Å². The molecule has 0 aliphatic carbocycles. The van der Waals surface area contributed by atoms with E-state index in [-0.39, 0.29) is 0 Å². The number of fused-ring (bicyclic) bond motifs is 8. The third kappa shape index (κ3) is 6.66. The lowest BCUT2D eigenvalue weighted by Crippen LogP contribution is -2.10. The van der Waals surface area contributed by atoms with Crippen LogP contribution in [0, 0.1) is 0 Å². The number of hydrogen-bond donors (Lipinski definition) is 0. The predicted molar refractivity (Wildman–Crippen MR) is 292 cm³/mol. The molecule has 0 N–H and O–H groups in total. The van der Waals surface area contributed by atoms with Crippen molar-refractivity contribution in [1.82, 2.24) is 19.1 Å². The van der Waals surface area contributed by atoms with Crippen molar-refractivity contribution in [1.29, 1.82) is 0 Å². The lowest BCUT2D eigenvalue weighted by molar-refractivity contribution is 1.18. The number of nitrogens with zero attached hydrogens (tertiary/aromatic N) is 5. The van der Waals surface area contributed by atoms with E-state index in [2.05, 4.69) is 251 Å². The van der Waals surface area contributed by atoms with Crippen molar-refractivity contribution in [2.24, 2.45) is 0 Å². The molecule has 0 radical (unpaired) electrons. The van der Waals surface area contributed by atoms with E-state index >= 15 is 0 Å². The molecule has 4 heterocycles. The zero-order chi connectivity index (χ0) is 45.4. The molecule has 0 atom stereocenters. The molecule has 14 aromatic rings. The van der Waals surface area contributed by atoms with Gasteiger partial charge in [-0.1, -0.05) is 103 Å². The lowest BCUT2D eigenvalue weighted by atomic mass is 10.0.